The Labute approximate surface area is 131 Å². The Hall–Kier alpha value is -1.69. The second kappa shape index (κ2) is 6.39. The minimum atomic E-state index is -0.292. The molecule has 1 saturated heterocycles. The summed E-state index contributed by atoms with van der Waals surface area (Å²) in [5.74, 6) is 1.32. The quantitative estimate of drug-likeness (QED) is 0.847. The summed E-state index contributed by atoms with van der Waals surface area (Å²) < 4.78 is 20.3. The van der Waals surface area contributed by atoms with Crippen molar-refractivity contribution in [3.05, 3.63) is 47.1 Å². The summed E-state index contributed by atoms with van der Waals surface area (Å²) >= 11 is 3.22. The van der Waals surface area contributed by atoms with Crippen LogP contribution < -0.4 is 9.64 Å². The van der Waals surface area contributed by atoms with Gasteiger partial charge < -0.3 is 9.64 Å². The standard InChI is InChI=1S/C15H15BrFN3O/c16-12-7-14(17)15(19-8-12)20-6-3-11(9-20)10-21-13-1-4-18-5-2-13/h1-2,4-5,7-8,11H,3,6,9-10H2. The van der Waals surface area contributed by atoms with Gasteiger partial charge >= 0.3 is 0 Å². The lowest BCUT2D eigenvalue weighted by Gasteiger charge is -2.18. The first kappa shape index (κ1) is 14.3. The van der Waals surface area contributed by atoms with Crippen LogP contribution in [0.1, 0.15) is 6.42 Å². The molecular weight excluding hydrogens is 337 g/mol. The van der Waals surface area contributed by atoms with Crippen LogP contribution in [-0.2, 0) is 0 Å². The van der Waals surface area contributed by atoms with Gasteiger partial charge in [0, 0.05) is 42.1 Å². The van der Waals surface area contributed by atoms with Gasteiger partial charge in [-0.05, 0) is 40.5 Å². The van der Waals surface area contributed by atoms with Gasteiger partial charge in [0.05, 0.1) is 6.61 Å². The summed E-state index contributed by atoms with van der Waals surface area (Å²) in [6.45, 7) is 2.19. The molecule has 1 aliphatic rings. The van der Waals surface area contributed by atoms with Crippen molar-refractivity contribution < 1.29 is 9.13 Å². The fourth-order valence-corrected chi connectivity index (χ4v) is 2.75. The molecule has 0 amide bonds. The number of pyridine rings is 2. The normalized spacial score (nSPS) is 18.0. The van der Waals surface area contributed by atoms with Crippen LogP contribution in [0, 0.1) is 11.7 Å². The average molecular weight is 352 g/mol. The zero-order chi connectivity index (χ0) is 14.7. The van der Waals surface area contributed by atoms with E-state index in [-0.39, 0.29) is 5.82 Å². The van der Waals surface area contributed by atoms with Gasteiger partial charge in [0.2, 0.25) is 0 Å². The third-order valence-electron chi connectivity index (χ3n) is 3.51. The second-order valence-electron chi connectivity index (χ2n) is 5.05. The van der Waals surface area contributed by atoms with E-state index in [4.69, 9.17) is 4.74 Å². The Bertz CT molecular complexity index is 611. The maximum atomic E-state index is 13.9. The van der Waals surface area contributed by atoms with E-state index in [1.165, 1.54) is 6.07 Å². The maximum Gasteiger partial charge on any atom is 0.166 e. The molecule has 21 heavy (non-hydrogen) atoms. The summed E-state index contributed by atoms with van der Waals surface area (Å²) in [5.41, 5.74) is 0. The van der Waals surface area contributed by atoms with Gasteiger partial charge in [0.15, 0.2) is 11.6 Å². The van der Waals surface area contributed by atoms with Gasteiger partial charge in [-0.25, -0.2) is 9.37 Å². The molecule has 1 atom stereocenters. The van der Waals surface area contributed by atoms with Gasteiger partial charge in [-0.3, -0.25) is 4.98 Å². The molecule has 3 rings (SSSR count). The lowest BCUT2D eigenvalue weighted by atomic mass is 10.1. The topological polar surface area (TPSA) is 38.2 Å². The van der Waals surface area contributed by atoms with Crippen molar-refractivity contribution in [1.29, 1.82) is 0 Å². The number of aromatic nitrogens is 2. The van der Waals surface area contributed by atoms with Gasteiger partial charge in [0.25, 0.3) is 0 Å². The van der Waals surface area contributed by atoms with E-state index in [0.29, 0.717) is 22.8 Å². The zero-order valence-electron chi connectivity index (χ0n) is 11.4. The van der Waals surface area contributed by atoms with Gasteiger partial charge in [-0.1, -0.05) is 0 Å². The molecule has 0 N–H and O–H groups in total. The van der Waals surface area contributed by atoms with Crippen LogP contribution >= 0.6 is 15.9 Å². The number of hydrogen-bond donors (Lipinski definition) is 0. The maximum absolute atomic E-state index is 13.9. The highest BCUT2D eigenvalue weighted by atomic mass is 79.9. The Balaban J connectivity index is 1.58. The van der Waals surface area contributed by atoms with Crippen molar-refractivity contribution in [1.82, 2.24) is 9.97 Å². The average Bonchev–Trinajstić information content (AvgIpc) is 2.95. The van der Waals surface area contributed by atoms with Crippen molar-refractivity contribution in [2.75, 3.05) is 24.6 Å². The molecule has 0 spiro atoms. The lowest BCUT2D eigenvalue weighted by molar-refractivity contribution is 0.261. The van der Waals surface area contributed by atoms with Gasteiger partial charge in [0.1, 0.15) is 5.75 Å². The van der Waals surface area contributed by atoms with E-state index in [1.807, 2.05) is 17.0 Å². The molecule has 2 aromatic rings. The third-order valence-corrected chi connectivity index (χ3v) is 3.94. The van der Waals surface area contributed by atoms with Crippen LogP contribution in [-0.4, -0.2) is 29.7 Å². The fourth-order valence-electron chi connectivity index (χ4n) is 2.45. The molecule has 0 bridgehead atoms. The molecule has 1 unspecified atom stereocenters. The molecule has 1 fully saturated rings. The molecule has 0 aromatic carbocycles. The number of hydrogen-bond acceptors (Lipinski definition) is 4. The number of anilines is 1. The number of nitrogens with zero attached hydrogens (tertiary/aromatic N) is 3. The van der Waals surface area contributed by atoms with Crippen molar-refractivity contribution in [2.24, 2.45) is 5.92 Å². The van der Waals surface area contributed by atoms with Crippen LogP contribution in [0.2, 0.25) is 0 Å². The molecule has 0 saturated carbocycles. The predicted octanol–water partition coefficient (Wildman–Crippen LogP) is 3.28. The second-order valence-corrected chi connectivity index (χ2v) is 5.97. The largest absolute Gasteiger partial charge is 0.493 e. The van der Waals surface area contributed by atoms with E-state index in [9.17, 15) is 4.39 Å². The first-order valence-corrected chi connectivity index (χ1v) is 7.60. The summed E-state index contributed by atoms with van der Waals surface area (Å²) in [6, 6.07) is 5.12. The monoisotopic (exact) mass is 351 g/mol. The van der Waals surface area contributed by atoms with Crippen LogP contribution in [0.3, 0.4) is 0 Å². The highest BCUT2D eigenvalue weighted by Gasteiger charge is 2.26. The number of rotatable bonds is 4. The highest BCUT2D eigenvalue weighted by Crippen LogP contribution is 2.26. The molecule has 2 aromatic heterocycles. The fraction of sp³-hybridized carbons (Fsp3) is 0.333. The molecule has 1 aliphatic heterocycles. The summed E-state index contributed by atoms with van der Waals surface area (Å²) in [7, 11) is 0. The van der Waals surface area contributed by atoms with Crippen molar-refractivity contribution in [2.45, 2.75) is 6.42 Å². The van der Waals surface area contributed by atoms with Gasteiger partial charge in [-0.2, -0.15) is 0 Å². The van der Waals surface area contributed by atoms with E-state index < -0.39 is 0 Å². The van der Waals surface area contributed by atoms with Crippen LogP contribution in [0.5, 0.6) is 5.75 Å². The van der Waals surface area contributed by atoms with E-state index in [2.05, 4.69) is 25.9 Å². The van der Waals surface area contributed by atoms with Gasteiger partial charge in [-0.15, -0.1) is 0 Å². The van der Waals surface area contributed by atoms with E-state index in [1.54, 1.807) is 18.6 Å². The summed E-state index contributed by atoms with van der Waals surface area (Å²) in [4.78, 5) is 10.1. The Morgan fingerprint density at radius 1 is 1.38 bits per heavy atom. The predicted molar refractivity (Wildman–Crippen MR) is 81.9 cm³/mol. The lowest BCUT2D eigenvalue weighted by Crippen LogP contribution is -2.23. The van der Waals surface area contributed by atoms with Crippen molar-refractivity contribution in [3.8, 4) is 5.75 Å². The number of halogens is 2. The third kappa shape index (κ3) is 3.50. The molecular formula is C15H15BrFN3O. The smallest absolute Gasteiger partial charge is 0.166 e. The zero-order valence-corrected chi connectivity index (χ0v) is 13.0. The van der Waals surface area contributed by atoms with Crippen LogP contribution in [0.15, 0.2) is 41.3 Å². The molecule has 3 heterocycles. The Morgan fingerprint density at radius 2 is 2.19 bits per heavy atom. The summed E-state index contributed by atoms with van der Waals surface area (Å²) in [5, 5.41) is 0. The first-order chi connectivity index (χ1) is 10.2. The molecule has 110 valence electrons. The summed E-state index contributed by atoms with van der Waals surface area (Å²) in [6.07, 6.45) is 6.01. The van der Waals surface area contributed by atoms with Crippen molar-refractivity contribution in [3.63, 3.8) is 0 Å². The molecule has 4 nitrogen and oxygen atoms in total. The van der Waals surface area contributed by atoms with E-state index >= 15 is 0 Å². The minimum Gasteiger partial charge on any atom is -0.493 e. The molecule has 0 aliphatic carbocycles. The minimum absolute atomic E-state index is 0.292. The highest BCUT2D eigenvalue weighted by molar-refractivity contribution is 9.10. The SMILES string of the molecule is Fc1cc(Br)cnc1N1CCC(COc2ccncc2)C1. The van der Waals surface area contributed by atoms with E-state index in [0.717, 1.165) is 25.3 Å². The Morgan fingerprint density at radius 3 is 2.95 bits per heavy atom. The van der Waals surface area contributed by atoms with Crippen molar-refractivity contribution >= 4 is 21.7 Å². The molecule has 0 radical (unpaired) electrons. The number of ether oxygens (including phenoxy) is 1. The Kier molecular flexibility index (Phi) is 4.34. The van der Waals surface area contributed by atoms with Crippen LogP contribution in [0.25, 0.3) is 0 Å². The molecule has 6 heteroatoms. The van der Waals surface area contributed by atoms with Crippen LogP contribution in [0.4, 0.5) is 10.2 Å². The first-order valence-electron chi connectivity index (χ1n) is 6.81.